The lowest BCUT2D eigenvalue weighted by molar-refractivity contribution is 0.241. The fourth-order valence-corrected chi connectivity index (χ4v) is 2.97. The van der Waals surface area contributed by atoms with E-state index in [1.807, 2.05) is 42.5 Å². The number of amides is 2. The van der Waals surface area contributed by atoms with E-state index >= 15 is 0 Å². The summed E-state index contributed by atoms with van der Waals surface area (Å²) in [6.45, 7) is 4.24. The van der Waals surface area contributed by atoms with Crippen LogP contribution in [0.3, 0.4) is 0 Å². The van der Waals surface area contributed by atoms with Crippen LogP contribution in [0.15, 0.2) is 54.6 Å². The van der Waals surface area contributed by atoms with Gasteiger partial charge in [0, 0.05) is 12.0 Å². The zero-order chi connectivity index (χ0) is 16.8. The van der Waals surface area contributed by atoms with Gasteiger partial charge in [0.2, 0.25) is 0 Å². The van der Waals surface area contributed by atoms with E-state index in [-0.39, 0.29) is 17.7 Å². The average molecular weight is 312 g/mol. The standard InChI is InChI=1S/C19H24N2O2/c1-13(2)12-17(21-19(20)23)18(14-6-4-3-5-7-14)15-8-10-16(22)11-9-15/h3-11,13,17-18,22H,12H2,1-2H3,(H3,20,21,23)/t17-,18-/m1/s1. The van der Waals surface area contributed by atoms with Crippen LogP contribution in [0, 0.1) is 5.92 Å². The van der Waals surface area contributed by atoms with Crippen LogP contribution in [0.1, 0.15) is 37.3 Å². The van der Waals surface area contributed by atoms with Crippen molar-refractivity contribution in [2.75, 3.05) is 0 Å². The van der Waals surface area contributed by atoms with Crippen LogP contribution in [-0.2, 0) is 0 Å². The van der Waals surface area contributed by atoms with E-state index in [0.717, 1.165) is 17.5 Å². The van der Waals surface area contributed by atoms with Gasteiger partial charge in [0.1, 0.15) is 5.75 Å². The minimum absolute atomic E-state index is 0.0216. The molecule has 0 bridgehead atoms. The second-order valence-electron chi connectivity index (χ2n) is 6.22. The van der Waals surface area contributed by atoms with Crippen LogP contribution in [0.25, 0.3) is 0 Å². The summed E-state index contributed by atoms with van der Waals surface area (Å²) in [6, 6.07) is 16.5. The minimum Gasteiger partial charge on any atom is -0.508 e. The Balaban J connectivity index is 2.45. The van der Waals surface area contributed by atoms with Crippen LogP contribution in [0.4, 0.5) is 4.79 Å². The summed E-state index contributed by atoms with van der Waals surface area (Å²) < 4.78 is 0. The van der Waals surface area contributed by atoms with Gasteiger partial charge >= 0.3 is 6.03 Å². The molecule has 0 radical (unpaired) electrons. The molecule has 2 rings (SSSR count). The van der Waals surface area contributed by atoms with Crippen molar-refractivity contribution in [3.05, 3.63) is 65.7 Å². The van der Waals surface area contributed by atoms with Crippen molar-refractivity contribution in [3.8, 4) is 5.75 Å². The highest BCUT2D eigenvalue weighted by Crippen LogP contribution is 2.32. The van der Waals surface area contributed by atoms with Crippen molar-refractivity contribution < 1.29 is 9.90 Å². The van der Waals surface area contributed by atoms with Gasteiger partial charge in [0.25, 0.3) is 0 Å². The Morgan fingerprint density at radius 3 is 2.13 bits per heavy atom. The summed E-state index contributed by atoms with van der Waals surface area (Å²) in [5.74, 6) is 0.616. The van der Waals surface area contributed by atoms with Gasteiger partial charge in [-0.25, -0.2) is 4.79 Å². The lowest BCUT2D eigenvalue weighted by Crippen LogP contribution is -2.43. The highest BCUT2D eigenvalue weighted by Gasteiger charge is 2.26. The summed E-state index contributed by atoms with van der Waals surface area (Å²) in [5, 5.41) is 12.4. The zero-order valence-electron chi connectivity index (χ0n) is 13.6. The molecule has 122 valence electrons. The van der Waals surface area contributed by atoms with Gasteiger partial charge in [-0.3, -0.25) is 0 Å². The molecule has 4 heteroatoms. The fraction of sp³-hybridized carbons (Fsp3) is 0.316. The maximum absolute atomic E-state index is 11.5. The van der Waals surface area contributed by atoms with Crippen molar-refractivity contribution in [3.63, 3.8) is 0 Å². The van der Waals surface area contributed by atoms with Gasteiger partial charge in [-0.05, 0) is 35.6 Å². The number of hydrogen-bond acceptors (Lipinski definition) is 2. The molecule has 0 saturated carbocycles. The Hall–Kier alpha value is -2.49. The summed E-state index contributed by atoms with van der Waals surface area (Å²) in [5.41, 5.74) is 7.54. The molecule has 23 heavy (non-hydrogen) atoms. The number of carbonyl (C=O) groups excluding carboxylic acids is 1. The number of rotatable bonds is 6. The number of urea groups is 1. The molecule has 0 spiro atoms. The Bertz CT molecular complexity index is 624. The number of nitrogens with one attached hydrogen (secondary N) is 1. The van der Waals surface area contributed by atoms with Crippen molar-refractivity contribution in [2.24, 2.45) is 11.7 Å². The lowest BCUT2D eigenvalue weighted by Gasteiger charge is -2.30. The number of aromatic hydroxyl groups is 1. The molecule has 0 saturated heterocycles. The van der Waals surface area contributed by atoms with Gasteiger partial charge in [0.05, 0.1) is 0 Å². The molecule has 4 nitrogen and oxygen atoms in total. The molecule has 0 aliphatic rings. The first-order chi connectivity index (χ1) is 11.0. The summed E-state index contributed by atoms with van der Waals surface area (Å²) in [7, 11) is 0. The highest BCUT2D eigenvalue weighted by atomic mass is 16.3. The molecule has 2 aromatic carbocycles. The predicted molar refractivity (Wildman–Crippen MR) is 92.4 cm³/mol. The van der Waals surface area contributed by atoms with Gasteiger partial charge < -0.3 is 16.2 Å². The van der Waals surface area contributed by atoms with Gasteiger partial charge in [-0.15, -0.1) is 0 Å². The number of nitrogens with two attached hydrogens (primary N) is 1. The Kier molecular flexibility index (Phi) is 5.63. The van der Waals surface area contributed by atoms with Crippen molar-refractivity contribution >= 4 is 6.03 Å². The van der Waals surface area contributed by atoms with E-state index in [2.05, 4.69) is 19.2 Å². The third-order valence-electron chi connectivity index (χ3n) is 3.87. The zero-order valence-corrected chi connectivity index (χ0v) is 13.6. The lowest BCUT2D eigenvalue weighted by atomic mass is 9.81. The number of hydrogen-bond donors (Lipinski definition) is 3. The van der Waals surface area contributed by atoms with E-state index in [0.29, 0.717) is 5.92 Å². The summed E-state index contributed by atoms with van der Waals surface area (Å²) >= 11 is 0. The third kappa shape index (κ3) is 4.74. The van der Waals surface area contributed by atoms with Crippen molar-refractivity contribution in [2.45, 2.75) is 32.2 Å². The van der Waals surface area contributed by atoms with E-state index in [1.165, 1.54) is 0 Å². The first-order valence-electron chi connectivity index (χ1n) is 7.87. The van der Waals surface area contributed by atoms with Gasteiger partial charge in [0.15, 0.2) is 0 Å². The van der Waals surface area contributed by atoms with E-state index in [4.69, 9.17) is 5.73 Å². The Labute approximate surface area is 137 Å². The monoisotopic (exact) mass is 312 g/mol. The molecule has 0 aliphatic carbocycles. The maximum atomic E-state index is 11.5. The molecule has 0 aromatic heterocycles. The molecular weight excluding hydrogens is 288 g/mol. The van der Waals surface area contributed by atoms with Crippen LogP contribution in [0.5, 0.6) is 5.75 Å². The summed E-state index contributed by atoms with van der Waals surface area (Å²) in [6.07, 6.45) is 0.809. The normalized spacial score (nSPS) is 13.5. The van der Waals surface area contributed by atoms with Gasteiger partial charge in [-0.2, -0.15) is 0 Å². The van der Waals surface area contributed by atoms with E-state index in [1.54, 1.807) is 12.1 Å². The number of benzene rings is 2. The molecular formula is C19H24N2O2. The Morgan fingerprint density at radius 2 is 1.61 bits per heavy atom. The average Bonchev–Trinajstić information content (AvgIpc) is 2.49. The number of primary amides is 1. The Morgan fingerprint density at radius 1 is 1.04 bits per heavy atom. The molecule has 0 unspecified atom stereocenters. The number of carbonyl (C=O) groups is 1. The fourth-order valence-electron chi connectivity index (χ4n) is 2.97. The molecule has 0 fully saturated rings. The topological polar surface area (TPSA) is 75.3 Å². The van der Waals surface area contributed by atoms with Crippen LogP contribution in [0.2, 0.25) is 0 Å². The SMILES string of the molecule is CC(C)C[C@@H](NC(N)=O)[C@H](c1ccccc1)c1ccc(O)cc1. The second-order valence-corrected chi connectivity index (χ2v) is 6.22. The van der Waals surface area contributed by atoms with Crippen LogP contribution >= 0.6 is 0 Å². The quantitative estimate of drug-likeness (QED) is 0.762. The molecule has 2 aromatic rings. The first-order valence-corrected chi connectivity index (χ1v) is 7.87. The predicted octanol–water partition coefficient (Wildman–Crippen LogP) is 3.61. The molecule has 2 atom stereocenters. The molecule has 2 amide bonds. The number of phenols is 1. The van der Waals surface area contributed by atoms with E-state index < -0.39 is 6.03 Å². The summed E-state index contributed by atoms with van der Waals surface area (Å²) in [4.78, 5) is 11.5. The van der Waals surface area contributed by atoms with E-state index in [9.17, 15) is 9.90 Å². The van der Waals surface area contributed by atoms with Crippen molar-refractivity contribution in [1.82, 2.24) is 5.32 Å². The van der Waals surface area contributed by atoms with Crippen LogP contribution in [-0.4, -0.2) is 17.2 Å². The van der Waals surface area contributed by atoms with Gasteiger partial charge in [-0.1, -0.05) is 56.3 Å². The molecule has 0 aliphatic heterocycles. The number of phenolic OH excluding ortho intramolecular Hbond substituents is 1. The molecule has 0 heterocycles. The van der Waals surface area contributed by atoms with Crippen molar-refractivity contribution in [1.29, 1.82) is 0 Å². The third-order valence-corrected chi connectivity index (χ3v) is 3.87. The second kappa shape index (κ2) is 7.68. The van der Waals surface area contributed by atoms with Crippen LogP contribution < -0.4 is 11.1 Å². The first kappa shape index (κ1) is 16.9. The highest BCUT2D eigenvalue weighted by molar-refractivity contribution is 5.72. The maximum Gasteiger partial charge on any atom is 0.312 e. The largest absolute Gasteiger partial charge is 0.508 e. The minimum atomic E-state index is -0.518. The smallest absolute Gasteiger partial charge is 0.312 e. The molecule has 4 N–H and O–H groups in total.